The van der Waals surface area contributed by atoms with Crippen LogP contribution >= 0.6 is 0 Å². The molecule has 5 nitrogen and oxygen atoms in total. The maximum Gasteiger partial charge on any atom is 0.251 e. The topological polar surface area (TPSA) is 61.4 Å². The average molecular weight is 351 g/mol. The molecular weight excluding hydrogens is 326 g/mol. The van der Waals surface area contributed by atoms with E-state index in [1.807, 2.05) is 19.1 Å². The quantitative estimate of drug-likeness (QED) is 0.840. The predicted molar refractivity (Wildman–Crippen MR) is 105 cm³/mol. The number of hydrogen-bond acceptors (Lipinski definition) is 3. The van der Waals surface area contributed by atoms with E-state index in [1.54, 1.807) is 24.3 Å². The van der Waals surface area contributed by atoms with Gasteiger partial charge in [-0.2, -0.15) is 0 Å². The number of carbonyl (C=O) groups excluding carboxylic acids is 2. The van der Waals surface area contributed by atoms with E-state index < -0.39 is 0 Å². The Morgan fingerprint density at radius 2 is 1.96 bits per heavy atom. The van der Waals surface area contributed by atoms with E-state index in [0.717, 1.165) is 31.5 Å². The first-order valence-electron chi connectivity index (χ1n) is 9.18. The summed E-state index contributed by atoms with van der Waals surface area (Å²) in [6, 6.07) is 15.3. The maximum absolute atomic E-state index is 12.5. The zero-order chi connectivity index (χ0) is 18.4. The zero-order valence-corrected chi connectivity index (χ0v) is 15.1. The SMILES string of the molecule is CCCNC(=O)c1cccc(NC(=O)CN2CCCc3ccccc32)c1. The molecule has 1 aliphatic heterocycles. The van der Waals surface area contributed by atoms with Crippen LogP contribution in [0.2, 0.25) is 0 Å². The van der Waals surface area contributed by atoms with Crippen LogP contribution in [0, 0.1) is 0 Å². The van der Waals surface area contributed by atoms with Crippen LogP contribution in [-0.2, 0) is 11.2 Å². The van der Waals surface area contributed by atoms with Gasteiger partial charge in [-0.15, -0.1) is 0 Å². The maximum atomic E-state index is 12.5. The van der Waals surface area contributed by atoms with Crippen LogP contribution in [0.3, 0.4) is 0 Å². The van der Waals surface area contributed by atoms with Gasteiger partial charge in [0, 0.05) is 30.0 Å². The molecule has 0 spiro atoms. The number of para-hydroxylation sites is 1. The van der Waals surface area contributed by atoms with E-state index in [2.05, 4.69) is 27.7 Å². The molecule has 2 amide bonds. The Hall–Kier alpha value is -2.82. The van der Waals surface area contributed by atoms with Gasteiger partial charge >= 0.3 is 0 Å². The number of aryl methyl sites for hydroxylation is 1. The first-order valence-corrected chi connectivity index (χ1v) is 9.18. The lowest BCUT2D eigenvalue weighted by atomic mass is 10.0. The molecule has 0 aromatic heterocycles. The number of hydrogen-bond donors (Lipinski definition) is 2. The number of fused-ring (bicyclic) bond motifs is 1. The highest BCUT2D eigenvalue weighted by molar-refractivity contribution is 5.98. The molecule has 136 valence electrons. The Balaban J connectivity index is 1.63. The summed E-state index contributed by atoms with van der Waals surface area (Å²) in [5.74, 6) is -0.194. The smallest absolute Gasteiger partial charge is 0.251 e. The lowest BCUT2D eigenvalue weighted by molar-refractivity contribution is -0.115. The minimum absolute atomic E-state index is 0.0761. The molecule has 0 fully saturated rings. The second-order valence-corrected chi connectivity index (χ2v) is 6.54. The van der Waals surface area contributed by atoms with Gasteiger partial charge in [0.25, 0.3) is 5.91 Å². The molecule has 26 heavy (non-hydrogen) atoms. The molecule has 2 aromatic carbocycles. The van der Waals surface area contributed by atoms with Crippen LogP contribution in [0.25, 0.3) is 0 Å². The molecule has 0 bridgehead atoms. The normalized spacial score (nSPS) is 13.0. The highest BCUT2D eigenvalue weighted by Crippen LogP contribution is 2.26. The molecular formula is C21H25N3O2. The van der Waals surface area contributed by atoms with Crippen LogP contribution in [-0.4, -0.2) is 31.4 Å². The second-order valence-electron chi connectivity index (χ2n) is 6.54. The van der Waals surface area contributed by atoms with E-state index in [4.69, 9.17) is 0 Å². The van der Waals surface area contributed by atoms with E-state index in [0.29, 0.717) is 24.3 Å². The van der Waals surface area contributed by atoms with E-state index in [9.17, 15) is 9.59 Å². The molecule has 0 atom stereocenters. The molecule has 0 radical (unpaired) electrons. The molecule has 2 aromatic rings. The fraction of sp³-hybridized carbons (Fsp3) is 0.333. The lowest BCUT2D eigenvalue weighted by Gasteiger charge is -2.30. The second kappa shape index (κ2) is 8.52. The summed E-state index contributed by atoms with van der Waals surface area (Å²) in [7, 11) is 0. The standard InChI is InChI=1S/C21H25N3O2/c1-2-12-22-21(26)17-8-5-10-18(14-17)23-20(25)15-24-13-6-9-16-7-3-4-11-19(16)24/h3-5,7-8,10-11,14H,2,6,9,12-13,15H2,1H3,(H,22,26)(H,23,25). The molecule has 1 aliphatic rings. The van der Waals surface area contributed by atoms with Crippen molar-refractivity contribution < 1.29 is 9.59 Å². The number of carbonyl (C=O) groups is 2. The highest BCUT2D eigenvalue weighted by atomic mass is 16.2. The van der Waals surface area contributed by atoms with Crippen LogP contribution in [0.5, 0.6) is 0 Å². The lowest BCUT2D eigenvalue weighted by Crippen LogP contribution is -2.36. The fourth-order valence-electron chi connectivity index (χ4n) is 3.23. The van der Waals surface area contributed by atoms with Gasteiger partial charge < -0.3 is 15.5 Å². The van der Waals surface area contributed by atoms with Gasteiger partial charge in [-0.1, -0.05) is 31.2 Å². The number of nitrogens with one attached hydrogen (secondary N) is 2. The van der Waals surface area contributed by atoms with Crippen molar-refractivity contribution >= 4 is 23.2 Å². The number of anilines is 2. The van der Waals surface area contributed by atoms with Crippen molar-refractivity contribution in [1.29, 1.82) is 0 Å². The molecule has 3 rings (SSSR count). The van der Waals surface area contributed by atoms with Crippen LogP contribution < -0.4 is 15.5 Å². The summed E-state index contributed by atoms with van der Waals surface area (Å²) in [4.78, 5) is 26.7. The first-order chi connectivity index (χ1) is 12.7. The van der Waals surface area contributed by atoms with E-state index in [1.165, 1.54) is 5.56 Å². The van der Waals surface area contributed by atoms with Gasteiger partial charge in [0.05, 0.1) is 6.54 Å². The van der Waals surface area contributed by atoms with E-state index in [-0.39, 0.29) is 11.8 Å². The van der Waals surface area contributed by atoms with Crippen molar-refractivity contribution in [2.45, 2.75) is 26.2 Å². The molecule has 0 saturated carbocycles. The Bertz CT molecular complexity index is 788. The minimum Gasteiger partial charge on any atom is -0.362 e. The Morgan fingerprint density at radius 1 is 1.12 bits per heavy atom. The molecule has 0 unspecified atom stereocenters. The van der Waals surface area contributed by atoms with Crippen LogP contribution in [0.15, 0.2) is 48.5 Å². The monoisotopic (exact) mass is 351 g/mol. The molecule has 2 N–H and O–H groups in total. The number of amides is 2. The minimum atomic E-state index is -0.118. The first kappa shape index (κ1) is 18.0. The Labute approximate surface area is 154 Å². The van der Waals surface area contributed by atoms with Gasteiger partial charge in [-0.05, 0) is 49.1 Å². The highest BCUT2D eigenvalue weighted by Gasteiger charge is 2.18. The van der Waals surface area contributed by atoms with Crippen molar-refractivity contribution in [3.05, 3.63) is 59.7 Å². The van der Waals surface area contributed by atoms with Gasteiger partial charge in [0.2, 0.25) is 5.91 Å². The summed E-state index contributed by atoms with van der Waals surface area (Å²) in [5.41, 5.74) is 3.63. The summed E-state index contributed by atoms with van der Waals surface area (Å²) >= 11 is 0. The van der Waals surface area contributed by atoms with Crippen molar-refractivity contribution in [3.63, 3.8) is 0 Å². The molecule has 5 heteroatoms. The molecule has 0 saturated heterocycles. The van der Waals surface area contributed by atoms with Gasteiger partial charge in [-0.25, -0.2) is 0 Å². The largest absolute Gasteiger partial charge is 0.362 e. The number of nitrogens with zero attached hydrogens (tertiary/aromatic N) is 1. The van der Waals surface area contributed by atoms with Crippen molar-refractivity contribution in [1.82, 2.24) is 5.32 Å². The van der Waals surface area contributed by atoms with E-state index >= 15 is 0 Å². The predicted octanol–water partition coefficient (Wildman–Crippen LogP) is 3.22. The summed E-state index contributed by atoms with van der Waals surface area (Å²) < 4.78 is 0. The Morgan fingerprint density at radius 3 is 2.81 bits per heavy atom. The van der Waals surface area contributed by atoms with Crippen molar-refractivity contribution in [3.8, 4) is 0 Å². The summed E-state index contributed by atoms with van der Waals surface area (Å²) in [6.45, 7) is 3.84. The third-order valence-electron chi connectivity index (χ3n) is 4.48. The third-order valence-corrected chi connectivity index (χ3v) is 4.48. The van der Waals surface area contributed by atoms with Crippen LogP contribution in [0.1, 0.15) is 35.7 Å². The fourth-order valence-corrected chi connectivity index (χ4v) is 3.23. The van der Waals surface area contributed by atoms with Gasteiger partial charge in [-0.3, -0.25) is 9.59 Å². The number of benzene rings is 2. The van der Waals surface area contributed by atoms with Crippen LogP contribution in [0.4, 0.5) is 11.4 Å². The van der Waals surface area contributed by atoms with Crippen molar-refractivity contribution in [2.24, 2.45) is 0 Å². The van der Waals surface area contributed by atoms with Gasteiger partial charge in [0.1, 0.15) is 0 Å². The summed E-state index contributed by atoms with van der Waals surface area (Å²) in [6.07, 6.45) is 3.00. The Kier molecular flexibility index (Phi) is 5.89. The number of rotatable bonds is 6. The molecule has 1 heterocycles. The molecule has 0 aliphatic carbocycles. The summed E-state index contributed by atoms with van der Waals surface area (Å²) in [5, 5.41) is 5.76. The van der Waals surface area contributed by atoms with Gasteiger partial charge in [0.15, 0.2) is 0 Å². The van der Waals surface area contributed by atoms with Crippen molar-refractivity contribution in [2.75, 3.05) is 29.9 Å². The third kappa shape index (κ3) is 4.42. The average Bonchev–Trinajstić information content (AvgIpc) is 2.66. The zero-order valence-electron chi connectivity index (χ0n) is 15.1.